The smallest absolute Gasteiger partial charge is 0.303 e. The zero-order valence-electron chi connectivity index (χ0n) is 48.4. The number of nitrogens with zero attached hydrogens (tertiary/aromatic N) is 3. The number of allylic oxidation sites excluding steroid dienone is 24. The minimum Gasteiger partial charge on any atom is -0.481 e. The van der Waals surface area contributed by atoms with Gasteiger partial charge in [-0.05, 0) is 140 Å². The lowest BCUT2D eigenvalue weighted by Gasteiger charge is -2.21. The van der Waals surface area contributed by atoms with E-state index >= 15 is 0 Å². The van der Waals surface area contributed by atoms with Crippen LogP contribution in [0.1, 0.15) is 200 Å². The molecule has 13 heteroatoms. The van der Waals surface area contributed by atoms with Gasteiger partial charge < -0.3 is 21.1 Å². The van der Waals surface area contributed by atoms with Gasteiger partial charge in [0, 0.05) is 62.6 Å². The molecule has 0 radical (unpaired) electrons. The van der Waals surface area contributed by atoms with E-state index in [4.69, 9.17) is 5.53 Å². The molecule has 0 bridgehead atoms. The highest BCUT2D eigenvalue weighted by Gasteiger charge is 2.27. The number of carboxylic acids is 1. The molecule has 13 nitrogen and oxygen atoms in total. The molecule has 3 amide bonds. The number of rotatable bonds is 52. The number of nitrogens with one attached hydrogen (secondary N) is 3. The Morgan fingerprint density at radius 3 is 1.22 bits per heavy atom. The summed E-state index contributed by atoms with van der Waals surface area (Å²) in [4.78, 5) is 79.5. The van der Waals surface area contributed by atoms with Crippen LogP contribution in [0, 0.1) is 5.92 Å². The first kappa shape index (κ1) is 72.4. The van der Waals surface area contributed by atoms with Gasteiger partial charge in [0.05, 0.1) is 12.5 Å². The van der Waals surface area contributed by atoms with E-state index in [0.717, 1.165) is 77.0 Å². The number of amides is 3. The van der Waals surface area contributed by atoms with E-state index in [1.54, 1.807) is 0 Å². The molecule has 0 aliphatic carbocycles. The fourth-order valence-electron chi connectivity index (χ4n) is 7.80. The van der Waals surface area contributed by atoms with Crippen LogP contribution < -0.4 is 16.0 Å². The van der Waals surface area contributed by atoms with Crippen molar-refractivity contribution in [1.82, 2.24) is 16.0 Å². The van der Waals surface area contributed by atoms with Crippen LogP contribution in [0.15, 0.2) is 151 Å². The molecule has 0 fully saturated rings. The number of hydrogen-bond donors (Lipinski definition) is 4. The van der Waals surface area contributed by atoms with Crippen LogP contribution >= 0.6 is 0 Å². The molecule has 4 N–H and O–H groups in total. The quantitative estimate of drug-likeness (QED) is 0.0152. The predicted molar refractivity (Wildman–Crippen MR) is 328 cm³/mol. The number of carboxylic acid groups (broad SMARTS) is 1. The standard InChI is InChI=1S/C66H100N6O7/c1-3-5-7-9-11-13-15-17-19-21-23-25-27-29-31-33-35-37-40-50-63(75)68-55-46-43-48-59(61(73)53-54-66(78)79)58-62(74)60(71-65(77)52-42-39-45-57-70-72-67)49-44-47-56-69-64(76)51-41-38-36-34-32-30-28-26-24-22-20-18-16-14-12-10-8-6-4-2/h5-8,11-14,17-20,23-26,29-32,35-38,59-60H,3-4,9-10,15-16,21-22,27-28,33-34,39-58H2,1-2H3,(H,68,75)(H,69,76)(H,71,77)(H,78,79)/b7-5-,8-6-,13-11-,14-12-,19-17-,20-18-,25-23-,26-24-,31-29-,32-30-,37-35-,38-36-/t59-,60+/m1/s1. The average molecular weight is 1090 g/mol. The third-order valence-corrected chi connectivity index (χ3v) is 12.2. The zero-order valence-corrected chi connectivity index (χ0v) is 48.4. The first-order valence-corrected chi connectivity index (χ1v) is 29.5. The molecular formula is C66H100N6O7. The molecule has 0 unspecified atom stereocenters. The Kier molecular flexibility index (Phi) is 52.8. The van der Waals surface area contributed by atoms with E-state index in [9.17, 15) is 33.9 Å². The van der Waals surface area contributed by atoms with E-state index in [0.29, 0.717) is 103 Å². The van der Waals surface area contributed by atoms with E-state index < -0.39 is 17.9 Å². The van der Waals surface area contributed by atoms with Gasteiger partial charge >= 0.3 is 5.97 Å². The van der Waals surface area contributed by atoms with E-state index in [2.05, 4.69) is 167 Å². The molecule has 0 aliphatic heterocycles. The molecule has 0 aromatic carbocycles. The van der Waals surface area contributed by atoms with Crippen LogP contribution in [0.25, 0.3) is 10.4 Å². The number of aliphatic carboxylic acids is 1. The fourth-order valence-corrected chi connectivity index (χ4v) is 7.80. The SMILES string of the molecule is CC/C=C\C/C=C\C/C=C\C/C=C\C/C=C\C/C=C\CCC(=O)NCCCC[C@H](CC(=O)[C@H](CCCCNC(=O)CC/C=C\C/C=C\C/C=C\C/C=C\C/C=C\C/C=C\CC)NC(=O)CCCCCN=[N+]=[N-])C(=O)CCC(=O)O. The van der Waals surface area contributed by atoms with Crippen molar-refractivity contribution in [2.24, 2.45) is 11.0 Å². The normalized spacial score (nSPS) is 13.2. The van der Waals surface area contributed by atoms with Gasteiger partial charge in [-0.15, -0.1) is 0 Å². The van der Waals surface area contributed by atoms with Gasteiger partial charge in [-0.1, -0.05) is 178 Å². The van der Waals surface area contributed by atoms with Gasteiger partial charge in [-0.3, -0.25) is 28.8 Å². The lowest BCUT2D eigenvalue weighted by Crippen LogP contribution is -2.42. The van der Waals surface area contributed by atoms with Crippen LogP contribution in [-0.2, 0) is 28.8 Å². The molecular weight excluding hydrogens is 989 g/mol. The number of azide groups is 1. The first-order valence-electron chi connectivity index (χ1n) is 29.5. The maximum atomic E-state index is 13.9. The molecule has 0 aromatic rings. The molecule has 0 saturated carbocycles. The van der Waals surface area contributed by atoms with Crippen LogP contribution in [-0.4, -0.2) is 66.0 Å². The average Bonchev–Trinajstić information content (AvgIpc) is 3.43. The third kappa shape index (κ3) is 53.2. The van der Waals surface area contributed by atoms with Gasteiger partial charge in [0.15, 0.2) is 5.78 Å². The summed E-state index contributed by atoms with van der Waals surface area (Å²) < 4.78 is 0. The summed E-state index contributed by atoms with van der Waals surface area (Å²) in [5, 5.41) is 21.6. The summed E-state index contributed by atoms with van der Waals surface area (Å²) in [6, 6.07) is -0.852. The van der Waals surface area contributed by atoms with Gasteiger partial charge in [-0.25, -0.2) is 0 Å². The minimum absolute atomic E-state index is 0.0656. The van der Waals surface area contributed by atoms with E-state index in [1.165, 1.54) is 0 Å². The van der Waals surface area contributed by atoms with Crippen molar-refractivity contribution in [3.8, 4) is 0 Å². The number of Topliss-reactive ketones (excluding diaryl/α,β-unsaturated/α-hetero) is 2. The summed E-state index contributed by atoms with van der Waals surface area (Å²) in [5.74, 6) is -2.87. The largest absolute Gasteiger partial charge is 0.481 e. The predicted octanol–water partition coefficient (Wildman–Crippen LogP) is 15.9. The maximum absolute atomic E-state index is 13.9. The van der Waals surface area contributed by atoms with Gasteiger partial charge in [0.1, 0.15) is 5.78 Å². The molecule has 79 heavy (non-hydrogen) atoms. The van der Waals surface area contributed by atoms with Crippen molar-refractivity contribution in [3.63, 3.8) is 0 Å². The Balaban J connectivity index is 4.93. The Hall–Kier alpha value is -6.59. The van der Waals surface area contributed by atoms with Gasteiger partial charge in [0.2, 0.25) is 17.7 Å². The molecule has 0 rings (SSSR count). The van der Waals surface area contributed by atoms with E-state index in [1.807, 2.05) is 18.2 Å². The number of hydrogen-bond acceptors (Lipinski definition) is 7. The summed E-state index contributed by atoms with van der Waals surface area (Å²) in [5.41, 5.74) is 8.53. The lowest BCUT2D eigenvalue weighted by atomic mass is 9.87. The fraction of sp³-hybridized carbons (Fsp3) is 0.545. The molecule has 2 atom stereocenters. The monoisotopic (exact) mass is 1090 g/mol. The van der Waals surface area contributed by atoms with Crippen molar-refractivity contribution >= 4 is 35.3 Å². The molecule has 0 saturated heterocycles. The summed E-state index contributed by atoms with van der Waals surface area (Å²) in [6.07, 6.45) is 68.9. The molecule has 436 valence electrons. The highest BCUT2D eigenvalue weighted by molar-refractivity contribution is 5.93. The highest BCUT2D eigenvalue weighted by atomic mass is 16.4. The number of ketones is 2. The third-order valence-electron chi connectivity index (χ3n) is 12.2. The van der Waals surface area contributed by atoms with Crippen molar-refractivity contribution in [2.75, 3.05) is 19.6 Å². The Bertz CT molecular complexity index is 2060. The lowest BCUT2D eigenvalue weighted by molar-refractivity contribution is -0.139. The van der Waals surface area contributed by atoms with Gasteiger partial charge in [0.25, 0.3) is 0 Å². The highest BCUT2D eigenvalue weighted by Crippen LogP contribution is 2.20. The van der Waals surface area contributed by atoms with Crippen LogP contribution in [0.4, 0.5) is 0 Å². The van der Waals surface area contributed by atoms with Crippen molar-refractivity contribution in [2.45, 2.75) is 206 Å². The molecule has 0 aliphatic rings. The summed E-state index contributed by atoms with van der Waals surface area (Å²) >= 11 is 0. The molecule has 0 heterocycles. The Morgan fingerprint density at radius 1 is 0.430 bits per heavy atom. The van der Waals surface area contributed by atoms with Crippen LogP contribution in [0.2, 0.25) is 0 Å². The van der Waals surface area contributed by atoms with Crippen molar-refractivity contribution < 1.29 is 33.9 Å². The Morgan fingerprint density at radius 2 is 0.823 bits per heavy atom. The number of carbonyl (C=O) groups excluding carboxylic acids is 5. The second kappa shape index (κ2) is 57.6. The minimum atomic E-state index is -1.10. The summed E-state index contributed by atoms with van der Waals surface area (Å²) in [6.45, 7) is 5.44. The summed E-state index contributed by atoms with van der Waals surface area (Å²) in [7, 11) is 0. The first-order chi connectivity index (χ1) is 38.6. The van der Waals surface area contributed by atoms with E-state index in [-0.39, 0.29) is 55.0 Å². The zero-order chi connectivity index (χ0) is 57.8. The molecule has 0 spiro atoms. The second-order valence-electron chi connectivity index (χ2n) is 19.2. The second-order valence-corrected chi connectivity index (χ2v) is 19.2. The van der Waals surface area contributed by atoms with Crippen molar-refractivity contribution in [3.05, 3.63) is 156 Å². The van der Waals surface area contributed by atoms with Crippen LogP contribution in [0.3, 0.4) is 0 Å². The van der Waals surface area contributed by atoms with Crippen molar-refractivity contribution in [1.29, 1.82) is 0 Å². The number of unbranched alkanes of at least 4 members (excludes halogenated alkanes) is 4. The maximum Gasteiger partial charge on any atom is 0.303 e. The topological polar surface area (TPSA) is 208 Å². The Labute approximate surface area is 476 Å². The molecule has 0 aromatic heterocycles. The van der Waals surface area contributed by atoms with Gasteiger partial charge in [-0.2, -0.15) is 0 Å². The van der Waals surface area contributed by atoms with Crippen LogP contribution in [0.5, 0.6) is 0 Å². The number of carbonyl (C=O) groups is 6.